The summed E-state index contributed by atoms with van der Waals surface area (Å²) in [5.74, 6) is -4.18. The van der Waals surface area contributed by atoms with Crippen molar-refractivity contribution in [3.8, 4) is 0 Å². The number of esters is 8. The first-order valence-electron chi connectivity index (χ1n) is 53.5. The molecule has 0 heterocycles. The van der Waals surface area contributed by atoms with Gasteiger partial charge in [-0.3, -0.25) is 29.0 Å². The zero-order chi connectivity index (χ0) is 94.2. The highest BCUT2D eigenvalue weighted by Crippen LogP contribution is 2.27. The Balaban J connectivity index is 6.31. The van der Waals surface area contributed by atoms with Crippen molar-refractivity contribution >= 4 is 47.8 Å². The minimum Gasteiger partial charge on any atom is -0.465 e. The van der Waals surface area contributed by atoms with Crippen LogP contribution >= 0.6 is 0 Å². The normalized spacial score (nSPS) is 13.6. The fourth-order valence-corrected chi connectivity index (χ4v) is 16.5. The maximum absolute atomic E-state index is 13.5. The molecule has 23 heteroatoms. The Morgan fingerprint density at radius 2 is 0.320 bits per heavy atom. The quantitative estimate of drug-likeness (QED) is 0.0250. The fourth-order valence-electron chi connectivity index (χ4n) is 16.5. The average molecular weight is 1820 g/mol. The summed E-state index contributed by atoms with van der Waals surface area (Å²) >= 11 is 0. The van der Waals surface area contributed by atoms with Crippen LogP contribution in [0.25, 0.3) is 0 Å². The maximum atomic E-state index is 13.5. The lowest BCUT2D eigenvalue weighted by atomic mass is 9.94. The molecule has 0 aliphatic carbocycles. The number of unbranched alkanes of at least 4 members (excludes halogenated alkanes) is 44. The van der Waals surface area contributed by atoms with E-state index in [-0.39, 0.29) is 126 Å². The molecule has 128 heavy (non-hydrogen) atoms. The van der Waals surface area contributed by atoms with Crippen molar-refractivity contribution in [1.82, 2.24) is 14.7 Å². The van der Waals surface area contributed by atoms with Gasteiger partial charge in [0, 0.05) is 52.4 Å². The second-order valence-electron chi connectivity index (χ2n) is 37.3. The molecule has 0 saturated heterocycles. The summed E-state index contributed by atoms with van der Waals surface area (Å²) in [4.78, 5) is 112. The highest BCUT2D eigenvalue weighted by atomic mass is 16.6. The molecule has 0 aromatic carbocycles. The molecule has 0 aromatic rings. The van der Waals surface area contributed by atoms with Gasteiger partial charge in [-0.05, 0) is 161 Å². The summed E-state index contributed by atoms with van der Waals surface area (Å²) in [6, 6.07) is 0. The summed E-state index contributed by atoms with van der Waals surface area (Å²) in [6.07, 6.45) is 56.7. The van der Waals surface area contributed by atoms with E-state index in [0.29, 0.717) is 103 Å². The third-order valence-corrected chi connectivity index (χ3v) is 25.1. The standard InChI is InChI=1S/C105H199N3O20/c1-10-18-26-34-38-54-70-90(66-50-30-22-14-5)98(113)121-78-58-42-46-62-82-125-102(117)94(109)86-107(87-95(110)103(118)126-83-63-47-43-59-79-122-99(114)91(67-51-31-23-15-6)71-55-39-35-27-19-11-2)76-74-106(9)75-77-108(88-96(111)104(119)127-84-64-48-44-60-80-123-100(115)92(68-52-32-24-16-7)72-56-40-36-28-20-12-3)89-97(112)105(120)128-85-65-49-45-61-81-124-101(116)93(69-53-33-25-17-8)73-57-41-37-29-21-13-4/h90-97,109-112H,10-89H2,1-9H3. The molecule has 0 aromatic heterocycles. The zero-order valence-electron chi connectivity index (χ0n) is 83.8. The lowest BCUT2D eigenvalue weighted by Gasteiger charge is -2.30. The number of hydrogen-bond donors (Lipinski definition) is 4. The van der Waals surface area contributed by atoms with Gasteiger partial charge in [0.05, 0.1) is 76.5 Å². The maximum Gasteiger partial charge on any atom is 0.336 e. The first-order chi connectivity index (χ1) is 62.3. The molecule has 8 unspecified atom stereocenters. The van der Waals surface area contributed by atoms with Gasteiger partial charge in [0.25, 0.3) is 0 Å². The Morgan fingerprint density at radius 3 is 0.484 bits per heavy atom. The average Bonchev–Trinajstić information content (AvgIpc) is 0.898. The van der Waals surface area contributed by atoms with E-state index in [0.717, 1.165) is 231 Å². The van der Waals surface area contributed by atoms with Crippen LogP contribution in [0.15, 0.2) is 0 Å². The number of carbonyl (C=O) groups is 8. The molecule has 4 N–H and O–H groups in total. The van der Waals surface area contributed by atoms with Crippen LogP contribution in [-0.4, -0.2) is 220 Å². The highest BCUT2D eigenvalue weighted by molar-refractivity contribution is 5.77. The van der Waals surface area contributed by atoms with E-state index in [9.17, 15) is 58.8 Å². The smallest absolute Gasteiger partial charge is 0.336 e. The lowest BCUT2D eigenvalue weighted by molar-refractivity contribution is -0.158. The summed E-state index contributed by atoms with van der Waals surface area (Å²) in [7, 11) is 1.80. The number of nitrogens with zero attached hydrogens (tertiary/aromatic N) is 3. The van der Waals surface area contributed by atoms with Gasteiger partial charge >= 0.3 is 47.8 Å². The number of hydrogen-bond acceptors (Lipinski definition) is 23. The fraction of sp³-hybridized carbons (Fsp3) is 0.924. The van der Waals surface area contributed by atoms with E-state index in [4.69, 9.17) is 37.9 Å². The van der Waals surface area contributed by atoms with Gasteiger partial charge in [0.15, 0.2) is 24.4 Å². The van der Waals surface area contributed by atoms with Crippen LogP contribution in [0, 0.1) is 23.7 Å². The topological polar surface area (TPSA) is 301 Å². The van der Waals surface area contributed by atoms with E-state index >= 15 is 0 Å². The molecule has 0 amide bonds. The molecule has 0 bridgehead atoms. The van der Waals surface area contributed by atoms with Gasteiger partial charge < -0.3 is 63.2 Å². The first-order valence-corrected chi connectivity index (χ1v) is 53.5. The zero-order valence-corrected chi connectivity index (χ0v) is 83.8. The van der Waals surface area contributed by atoms with Crippen molar-refractivity contribution in [2.24, 2.45) is 23.7 Å². The molecule has 23 nitrogen and oxygen atoms in total. The Morgan fingerprint density at radius 1 is 0.188 bits per heavy atom. The second-order valence-corrected chi connectivity index (χ2v) is 37.3. The van der Waals surface area contributed by atoms with Crippen LogP contribution in [0.3, 0.4) is 0 Å². The minimum absolute atomic E-state index is 0.0472. The lowest BCUT2D eigenvalue weighted by Crippen LogP contribution is -2.48. The summed E-state index contributed by atoms with van der Waals surface area (Å²) in [5, 5.41) is 45.6. The Bertz CT molecular complexity index is 2240. The van der Waals surface area contributed by atoms with Crippen LogP contribution in [0.5, 0.6) is 0 Å². The van der Waals surface area contributed by atoms with E-state index in [2.05, 4.69) is 55.4 Å². The van der Waals surface area contributed by atoms with Crippen molar-refractivity contribution in [1.29, 1.82) is 0 Å². The van der Waals surface area contributed by atoms with Crippen LogP contribution in [0.2, 0.25) is 0 Å². The van der Waals surface area contributed by atoms with Crippen molar-refractivity contribution in [3.05, 3.63) is 0 Å². The molecule has 0 saturated carbocycles. The van der Waals surface area contributed by atoms with Crippen molar-refractivity contribution in [2.45, 2.75) is 491 Å². The van der Waals surface area contributed by atoms with Gasteiger partial charge in [-0.25, -0.2) is 19.2 Å². The summed E-state index contributed by atoms with van der Waals surface area (Å²) in [6.45, 7) is 18.6. The Kier molecular flexibility index (Phi) is 88.4. The van der Waals surface area contributed by atoms with Crippen molar-refractivity contribution in [2.75, 3.05) is 112 Å². The number of carbonyl (C=O) groups excluding carboxylic acids is 8. The molecule has 754 valence electrons. The molecular weight excluding hydrogens is 1620 g/mol. The largest absolute Gasteiger partial charge is 0.465 e. The number of rotatable bonds is 98. The van der Waals surface area contributed by atoms with Gasteiger partial charge in [0.1, 0.15) is 0 Å². The van der Waals surface area contributed by atoms with Gasteiger partial charge in [-0.15, -0.1) is 0 Å². The SMILES string of the molecule is CCCCCCCCC(CCCCCC)C(=O)OCCCCCCOC(=O)C(O)CN(CCN(C)CCN(CC(O)C(=O)OCCCCCCOC(=O)C(CCCCCC)CCCCCCCC)CC(O)C(=O)OCCCCCCOC(=O)C(CCCCCC)CCCCCCCC)CC(O)C(=O)OCCCCCCOC(=O)C(CCCCCC)CCCCCCCC. The second kappa shape index (κ2) is 91.6. The minimum atomic E-state index is -1.65. The van der Waals surface area contributed by atoms with Gasteiger partial charge in [-0.1, -0.05) is 312 Å². The summed E-state index contributed by atoms with van der Waals surface area (Å²) < 4.78 is 45.5. The van der Waals surface area contributed by atoms with Gasteiger partial charge in [-0.2, -0.15) is 0 Å². The van der Waals surface area contributed by atoms with Gasteiger partial charge in [0.2, 0.25) is 0 Å². The highest BCUT2D eigenvalue weighted by Gasteiger charge is 2.30. The summed E-state index contributed by atoms with van der Waals surface area (Å²) in [5.41, 5.74) is 0. The Labute approximate surface area is 781 Å². The van der Waals surface area contributed by atoms with Crippen LogP contribution in [0.4, 0.5) is 0 Å². The molecule has 0 spiro atoms. The predicted molar refractivity (Wildman–Crippen MR) is 517 cm³/mol. The van der Waals surface area contributed by atoms with Crippen molar-refractivity contribution in [3.63, 3.8) is 0 Å². The third kappa shape index (κ3) is 74.9. The van der Waals surface area contributed by atoms with E-state index in [1.807, 2.05) is 4.90 Å². The predicted octanol–water partition coefficient (Wildman–Crippen LogP) is 22.9. The van der Waals surface area contributed by atoms with E-state index < -0.39 is 48.3 Å². The van der Waals surface area contributed by atoms with E-state index in [1.54, 1.807) is 16.8 Å². The van der Waals surface area contributed by atoms with Crippen LogP contribution in [0.1, 0.15) is 466 Å². The van der Waals surface area contributed by atoms with Crippen LogP contribution < -0.4 is 0 Å². The van der Waals surface area contributed by atoms with Crippen LogP contribution in [-0.2, 0) is 76.3 Å². The molecule has 0 fully saturated rings. The molecule has 0 radical (unpaired) electrons. The van der Waals surface area contributed by atoms with E-state index in [1.165, 1.54) is 103 Å². The molecule has 8 atom stereocenters. The Hall–Kier alpha value is -4.52. The number of ether oxygens (including phenoxy) is 8. The number of aliphatic hydroxyl groups excluding tert-OH is 4. The molecule has 0 rings (SSSR count). The monoisotopic (exact) mass is 1820 g/mol. The number of likely N-dealkylation sites (N-methyl/N-ethyl adjacent to an activating group) is 1. The number of aliphatic hydroxyl groups is 4. The molecule has 0 aliphatic heterocycles. The van der Waals surface area contributed by atoms with Crippen molar-refractivity contribution < 1.29 is 96.7 Å². The molecule has 0 aliphatic rings. The third-order valence-electron chi connectivity index (χ3n) is 25.1. The molecular formula is C105H199N3O20. The first kappa shape index (κ1) is 123.